The van der Waals surface area contributed by atoms with Crippen LogP contribution in [0.15, 0.2) is 36.7 Å². The van der Waals surface area contributed by atoms with Gasteiger partial charge in [-0.3, -0.25) is 9.48 Å². The summed E-state index contributed by atoms with van der Waals surface area (Å²) in [5, 5.41) is 4.21. The number of amides is 1. The molecule has 9 heteroatoms. The van der Waals surface area contributed by atoms with Gasteiger partial charge in [0, 0.05) is 45.1 Å². The molecule has 168 valence electrons. The molecule has 0 bridgehead atoms. The van der Waals surface area contributed by atoms with Gasteiger partial charge in [-0.15, -0.1) is 0 Å². The van der Waals surface area contributed by atoms with Crippen molar-refractivity contribution in [3.8, 4) is 16.9 Å². The first-order chi connectivity index (χ1) is 15.4. The van der Waals surface area contributed by atoms with Crippen molar-refractivity contribution in [3.63, 3.8) is 0 Å². The Morgan fingerprint density at radius 3 is 2.59 bits per heavy atom. The smallest absolute Gasteiger partial charge is 0.257 e. The molecule has 9 nitrogen and oxygen atoms in total. The average Bonchev–Trinajstić information content (AvgIpc) is 3.16. The highest BCUT2D eigenvalue weighted by Gasteiger charge is 2.30. The van der Waals surface area contributed by atoms with Crippen molar-refractivity contribution in [2.75, 3.05) is 45.8 Å². The summed E-state index contributed by atoms with van der Waals surface area (Å²) in [5.41, 5.74) is 4.04. The summed E-state index contributed by atoms with van der Waals surface area (Å²) in [6.07, 6.45) is 3.07. The largest absolute Gasteiger partial charge is 0.497 e. The van der Waals surface area contributed by atoms with Crippen molar-refractivity contribution in [2.24, 2.45) is 7.05 Å². The highest BCUT2D eigenvalue weighted by molar-refractivity contribution is 5.95. The molecule has 1 amide bonds. The van der Waals surface area contributed by atoms with Gasteiger partial charge in [0.2, 0.25) is 5.95 Å². The van der Waals surface area contributed by atoms with E-state index in [1.54, 1.807) is 18.0 Å². The van der Waals surface area contributed by atoms with Crippen LogP contribution in [0.1, 0.15) is 27.8 Å². The van der Waals surface area contributed by atoms with Gasteiger partial charge in [0.15, 0.2) is 0 Å². The van der Waals surface area contributed by atoms with E-state index in [2.05, 4.69) is 10.1 Å². The SMILES string of the molecule is COc1ccc(-c2cnc(N(C)C)nc2[C@@H]2CN(C(=O)c3cnn(C)c3C)CCO2)cc1. The molecule has 3 heterocycles. The number of ether oxygens (including phenoxy) is 2. The number of anilines is 1. The Hall–Kier alpha value is -3.46. The highest BCUT2D eigenvalue weighted by atomic mass is 16.5. The summed E-state index contributed by atoms with van der Waals surface area (Å²) in [6.45, 7) is 3.25. The molecule has 1 aliphatic rings. The number of rotatable bonds is 5. The summed E-state index contributed by atoms with van der Waals surface area (Å²) < 4.78 is 13.1. The molecule has 0 saturated carbocycles. The van der Waals surface area contributed by atoms with E-state index >= 15 is 0 Å². The van der Waals surface area contributed by atoms with Gasteiger partial charge in [-0.25, -0.2) is 9.97 Å². The normalized spacial score (nSPS) is 16.2. The molecule has 3 aromatic rings. The lowest BCUT2D eigenvalue weighted by Crippen LogP contribution is -2.42. The van der Waals surface area contributed by atoms with Crippen molar-refractivity contribution in [1.29, 1.82) is 0 Å². The molecule has 1 aromatic carbocycles. The Morgan fingerprint density at radius 2 is 1.97 bits per heavy atom. The Balaban J connectivity index is 1.68. The molecular formula is C23H28N6O3. The Kier molecular flexibility index (Phi) is 6.09. The number of benzene rings is 1. The van der Waals surface area contributed by atoms with Crippen LogP contribution in [0.4, 0.5) is 5.95 Å². The Bertz CT molecular complexity index is 1110. The maximum Gasteiger partial charge on any atom is 0.257 e. The van der Waals surface area contributed by atoms with Crippen LogP contribution in [-0.2, 0) is 11.8 Å². The first-order valence-electron chi connectivity index (χ1n) is 10.5. The van der Waals surface area contributed by atoms with Crippen molar-refractivity contribution in [1.82, 2.24) is 24.6 Å². The second kappa shape index (κ2) is 8.96. The predicted molar refractivity (Wildman–Crippen MR) is 121 cm³/mol. The highest BCUT2D eigenvalue weighted by Crippen LogP contribution is 2.32. The molecular weight excluding hydrogens is 408 g/mol. The fraction of sp³-hybridized carbons (Fsp3) is 0.391. The molecule has 0 aliphatic carbocycles. The zero-order valence-corrected chi connectivity index (χ0v) is 19.1. The lowest BCUT2D eigenvalue weighted by Gasteiger charge is -2.33. The molecule has 1 saturated heterocycles. The Morgan fingerprint density at radius 1 is 1.22 bits per heavy atom. The second-order valence-corrected chi connectivity index (χ2v) is 7.97. The van der Waals surface area contributed by atoms with E-state index in [1.165, 1.54) is 0 Å². The molecule has 1 aliphatic heterocycles. The summed E-state index contributed by atoms with van der Waals surface area (Å²) in [4.78, 5) is 26.2. The van der Waals surface area contributed by atoms with Gasteiger partial charge < -0.3 is 19.3 Å². The third-order valence-electron chi connectivity index (χ3n) is 5.73. The molecule has 1 fully saturated rings. The van der Waals surface area contributed by atoms with Crippen molar-refractivity contribution in [2.45, 2.75) is 13.0 Å². The van der Waals surface area contributed by atoms with E-state index in [1.807, 2.05) is 68.3 Å². The summed E-state index contributed by atoms with van der Waals surface area (Å²) in [5.74, 6) is 1.32. The lowest BCUT2D eigenvalue weighted by atomic mass is 10.0. The first kappa shape index (κ1) is 21.8. The lowest BCUT2D eigenvalue weighted by molar-refractivity contribution is -0.0244. The van der Waals surface area contributed by atoms with E-state index in [4.69, 9.17) is 14.5 Å². The zero-order valence-electron chi connectivity index (χ0n) is 19.1. The number of hydrogen-bond acceptors (Lipinski definition) is 7. The molecule has 4 rings (SSSR count). The van der Waals surface area contributed by atoms with Crippen LogP contribution in [-0.4, -0.2) is 71.5 Å². The van der Waals surface area contributed by atoms with E-state index in [0.717, 1.165) is 28.3 Å². The third-order valence-corrected chi connectivity index (χ3v) is 5.73. The van der Waals surface area contributed by atoms with Gasteiger partial charge in [0.05, 0.1) is 37.7 Å². The van der Waals surface area contributed by atoms with Gasteiger partial charge in [-0.2, -0.15) is 5.10 Å². The van der Waals surface area contributed by atoms with Gasteiger partial charge in [0.1, 0.15) is 11.9 Å². The fourth-order valence-electron chi connectivity index (χ4n) is 3.72. The van der Waals surface area contributed by atoms with Crippen LogP contribution in [0.2, 0.25) is 0 Å². The predicted octanol–water partition coefficient (Wildman–Crippen LogP) is 2.47. The molecule has 0 unspecified atom stereocenters. The summed E-state index contributed by atoms with van der Waals surface area (Å²) >= 11 is 0. The minimum atomic E-state index is -0.372. The Labute approximate surface area is 187 Å². The van der Waals surface area contributed by atoms with Crippen molar-refractivity contribution in [3.05, 3.63) is 53.6 Å². The van der Waals surface area contributed by atoms with Gasteiger partial charge in [-0.1, -0.05) is 12.1 Å². The van der Waals surface area contributed by atoms with Crippen molar-refractivity contribution < 1.29 is 14.3 Å². The number of methoxy groups -OCH3 is 1. The van der Waals surface area contributed by atoms with E-state index in [-0.39, 0.29) is 12.0 Å². The number of aromatic nitrogens is 4. The topological polar surface area (TPSA) is 85.6 Å². The first-order valence-corrected chi connectivity index (χ1v) is 10.5. The minimum absolute atomic E-state index is 0.0446. The van der Waals surface area contributed by atoms with Crippen LogP contribution in [0.5, 0.6) is 5.75 Å². The summed E-state index contributed by atoms with van der Waals surface area (Å²) in [6, 6.07) is 7.76. The average molecular weight is 437 g/mol. The molecule has 0 radical (unpaired) electrons. The van der Waals surface area contributed by atoms with Crippen LogP contribution in [0, 0.1) is 6.92 Å². The third kappa shape index (κ3) is 4.16. The fourth-order valence-corrected chi connectivity index (χ4v) is 3.72. The van der Waals surface area contributed by atoms with Crippen LogP contribution in [0.25, 0.3) is 11.1 Å². The number of nitrogens with zero attached hydrogens (tertiary/aromatic N) is 6. The maximum atomic E-state index is 13.2. The van der Waals surface area contributed by atoms with Crippen molar-refractivity contribution >= 4 is 11.9 Å². The van der Waals surface area contributed by atoms with E-state index in [0.29, 0.717) is 31.2 Å². The quantitative estimate of drug-likeness (QED) is 0.607. The minimum Gasteiger partial charge on any atom is -0.497 e. The van der Waals surface area contributed by atoms with Gasteiger partial charge in [0.25, 0.3) is 5.91 Å². The number of hydrogen-bond donors (Lipinski definition) is 0. The molecule has 1 atom stereocenters. The van der Waals surface area contributed by atoms with Crippen LogP contribution in [0.3, 0.4) is 0 Å². The monoisotopic (exact) mass is 436 g/mol. The van der Waals surface area contributed by atoms with E-state index < -0.39 is 0 Å². The van der Waals surface area contributed by atoms with Gasteiger partial charge >= 0.3 is 0 Å². The van der Waals surface area contributed by atoms with Crippen LogP contribution < -0.4 is 9.64 Å². The molecule has 0 spiro atoms. The number of carbonyl (C=O) groups is 1. The standard InChI is InChI=1S/C23H28N6O3/c1-15-18(13-25-28(15)4)22(30)29-10-11-32-20(14-29)21-19(12-24-23(26-21)27(2)3)16-6-8-17(31-5)9-7-16/h6-9,12-13,20H,10-11,14H2,1-5H3/t20-/m0/s1. The number of carbonyl (C=O) groups excluding carboxylic acids is 1. The van der Waals surface area contributed by atoms with E-state index in [9.17, 15) is 4.79 Å². The zero-order chi connectivity index (χ0) is 22.8. The number of morpholine rings is 1. The molecule has 0 N–H and O–H groups in total. The summed E-state index contributed by atoms with van der Waals surface area (Å²) in [7, 11) is 7.27. The second-order valence-electron chi connectivity index (χ2n) is 7.97. The van der Waals surface area contributed by atoms with Gasteiger partial charge in [-0.05, 0) is 24.6 Å². The molecule has 2 aromatic heterocycles. The van der Waals surface area contributed by atoms with Crippen LogP contribution >= 0.6 is 0 Å². The maximum absolute atomic E-state index is 13.2. The molecule has 32 heavy (non-hydrogen) atoms. The number of aryl methyl sites for hydroxylation is 1.